The topological polar surface area (TPSA) is 114 Å². The largest absolute Gasteiger partial charge is 0.503 e. The molecule has 1 atom stereocenters. The fraction of sp³-hybridized carbons (Fsp3) is 0.0833. The van der Waals surface area contributed by atoms with Crippen molar-refractivity contribution < 1.29 is 24.0 Å². The van der Waals surface area contributed by atoms with Crippen molar-refractivity contribution in [2.45, 2.75) is 12.6 Å². The lowest BCUT2D eigenvalue weighted by molar-refractivity contribution is -0.384. The third-order valence-electron chi connectivity index (χ3n) is 5.12. The number of hydrogen-bond donors (Lipinski definition) is 1. The van der Waals surface area contributed by atoms with Gasteiger partial charge in [-0.1, -0.05) is 36.4 Å². The van der Waals surface area contributed by atoms with Gasteiger partial charge in [-0.2, -0.15) is 0 Å². The monoisotopic (exact) mass is 430 g/mol. The van der Waals surface area contributed by atoms with Gasteiger partial charge in [-0.05, 0) is 41.5 Å². The lowest BCUT2D eigenvalue weighted by Crippen LogP contribution is -2.30. The molecule has 1 aromatic heterocycles. The van der Waals surface area contributed by atoms with Gasteiger partial charge in [-0.25, -0.2) is 0 Å². The Hall–Kier alpha value is -4.46. The summed E-state index contributed by atoms with van der Waals surface area (Å²) in [5.74, 6) is -1.44. The van der Waals surface area contributed by atoms with Crippen LogP contribution in [0.25, 0.3) is 6.08 Å². The summed E-state index contributed by atoms with van der Waals surface area (Å²) in [6.07, 6.45) is 4.34. The average Bonchev–Trinajstić information content (AvgIpc) is 3.40. The predicted molar refractivity (Wildman–Crippen MR) is 115 cm³/mol. The first-order chi connectivity index (χ1) is 15.5. The van der Waals surface area contributed by atoms with Crippen LogP contribution < -0.4 is 0 Å². The van der Waals surface area contributed by atoms with E-state index < -0.39 is 28.4 Å². The minimum Gasteiger partial charge on any atom is -0.503 e. The molecule has 1 aliphatic heterocycles. The van der Waals surface area contributed by atoms with Gasteiger partial charge >= 0.3 is 0 Å². The summed E-state index contributed by atoms with van der Waals surface area (Å²) in [5, 5.41) is 21.6. The maximum Gasteiger partial charge on any atom is 0.290 e. The molecule has 1 amide bonds. The normalized spacial score (nSPS) is 16.2. The molecule has 1 N–H and O–H groups in total. The first-order valence-corrected chi connectivity index (χ1v) is 9.74. The predicted octanol–water partition coefficient (Wildman–Crippen LogP) is 4.37. The first-order valence-electron chi connectivity index (χ1n) is 9.74. The van der Waals surface area contributed by atoms with Gasteiger partial charge < -0.3 is 14.4 Å². The molecule has 2 heterocycles. The highest BCUT2D eigenvalue weighted by Gasteiger charge is 2.43. The zero-order chi connectivity index (χ0) is 22.7. The fourth-order valence-electron chi connectivity index (χ4n) is 3.59. The highest BCUT2D eigenvalue weighted by molar-refractivity contribution is 6.14. The van der Waals surface area contributed by atoms with Gasteiger partial charge in [0, 0.05) is 12.1 Å². The number of carbonyl (C=O) groups is 2. The van der Waals surface area contributed by atoms with Crippen LogP contribution in [0.3, 0.4) is 0 Å². The number of non-ortho nitro benzene ring substituents is 1. The highest BCUT2D eigenvalue weighted by atomic mass is 16.6. The molecular formula is C24H18N2O6. The van der Waals surface area contributed by atoms with Gasteiger partial charge in [0.15, 0.2) is 11.5 Å². The van der Waals surface area contributed by atoms with Crippen molar-refractivity contribution >= 4 is 23.5 Å². The van der Waals surface area contributed by atoms with Crippen molar-refractivity contribution in [3.63, 3.8) is 0 Å². The van der Waals surface area contributed by atoms with E-state index in [4.69, 9.17) is 4.42 Å². The molecule has 0 aliphatic carbocycles. The summed E-state index contributed by atoms with van der Waals surface area (Å²) < 4.78 is 5.33. The molecule has 32 heavy (non-hydrogen) atoms. The Kier molecular flexibility index (Phi) is 5.67. The Bertz CT molecular complexity index is 1210. The average molecular weight is 430 g/mol. The van der Waals surface area contributed by atoms with Gasteiger partial charge in [-0.3, -0.25) is 19.7 Å². The van der Waals surface area contributed by atoms with Crippen LogP contribution in [-0.4, -0.2) is 26.6 Å². The summed E-state index contributed by atoms with van der Waals surface area (Å²) in [4.78, 5) is 37.7. The molecule has 8 heteroatoms. The number of ketones is 1. The summed E-state index contributed by atoms with van der Waals surface area (Å²) >= 11 is 0. The van der Waals surface area contributed by atoms with E-state index in [0.717, 1.165) is 5.56 Å². The number of nitrogens with zero attached hydrogens (tertiary/aromatic N) is 2. The van der Waals surface area contributed by atoms with Crippen molar-refractivity contribution in [2.75, 3.05) is 0 Å². The van der Waals surface area contributed by atoms with Crippen molar-refractivity contribution in [1.29, 1.82) is 0 Å². The second-order valence-corrected chi connectivity index (χ2v) is 7.13. The van der Waals surface area contributed by atoms with Crippen LogP contribution >= 0.6 is 0 Å². The molecule has 0 fully saturated rings. The molecule has 160 valence electrons. The number of nitro groups is 1. The molecule has 1 unspecified atom stereocenters. The third-order valence-corrected chi connectivity index (χ3v) is 5.12. The maximum absolute atomic E-state index is 13.1. The summed E-state index contributed by atoms with van der Waals surface area (Å²) in [6.45, 7) is 0.0106. The Morgan fingerprint density at radius 1 is 1.09 bits per heavy atom. The van der Waals surface area contributed by atoms with E-state index in [2.05, 4.69) is 0 Å². The van der Waals surface area contributed by atoms with E-state index in [1.54, 1.807) is 18.2 Å². The number of aliphatic hydroxyl groups is 1. The minimum absolute atomic E-state index is 0.0106. The van der Waals surface area contributed by atoms with E-state index in [9.17, 15) is 24.8 Å². The number of nitro benzene ring substituents is 1. The van der Waals surface area contributed by atoms with E-state index >= 15 is 0 Å². The Morgan fingerprint density at radius 3 is 2.44 bits per heavy atom. The highest BCUT2D eigenvalue weighted by Crippen LogP contribution is 2.39. The molecule has 0 saturated carbocycles. The van der Waals surface area contributed by atoms with Crippen LogP contribution in [0, 0.1) is 10.1 Å². The lowest BCUT2D eigenvalue weighted by Gasteiger charge is -2.25. The molecule has 2 aromatic carbocycles. The van der Waals surface area contributed by atoms with Gasteiger partial charge in [0.1, 0.15) is 5.76 Å². The SMILES string of the molecule is O=C(/C=C/c1ccccc1)C1=C(O)C(=O)N(Cc2ccco2)C1c1ccc([N+](=O)[O-])cc1. The van der Waals surface area contributed by atoms with Gasteiger partial charge in [0.05, 0.1) is 29.3 Å². The quantitative estimate of drug-likeness (QED) is 0.338. The smallest absolute Gasteiger partial charge is 0.290 e. The van der Waals surface area contributed by atoms with E-state index in [1.165, 1.54) is 41.5 Å². The molecule has 3 aromatic rings. The van der Waals surface area contributed by atoms with Crippen LogP contribution in [0.5, 0.6) is 0 Å². The zero-order valence-electron chi connectivity index (χ0n) is 16.8. The number of furan rings is 1. The first kappa shape index (κ1) is 20.8. The van der Waals surface area contributed by atoms with Crippen molar-refractivity contribution in [2.24, 2.45) is 0 Å². The van der Waals surface area contributed by atoms with Gasteiger partial charge in [-0.15, -0.1) is 0 Å². The third kappa shape index (κ3) is 4.06. The van der Waals surface area contributed by atoms with Crippen LogP contribution in [0.4, 0.5) is 5.69 Å². The van der Waals surface area contributed by atoms with Crippen molar-refractivity contribution in [1.82, 2.24) is 4.90 Å². The second kappa shape index (κ2) is 8.73. The number of allylic oxidation sites excluding steroid dienone is 1. The fourth-order valence-corrected chi connectivity index (χ4v) is 3.59. The molecule has 0 radical (unpaired) electrons. The summed E-state index contributed by atoms with van der Waals surface area (Å²) in [5.41, 5.74) is 1.02. The maximum atomic E-state index is 13.1. The molecule has 0 bridgehead atoms. The van der Waals surface area contributed by atoms with E-state index in [-0.39, 0.29) is 17.8 Å². The van der Waals surface area contributed by atoms with Crippen LogP contribution in [-0.2, 0) is 16.1 Å². The molecule has 8 nitrogen and oxygen atoms in total. The van der Waals surface area contributed by atoms with E-state index in [0.29, 0.717) is 11.3 Å². The standard InChI is InChI=1S/C24H18N2O6/c27-20(13-8-16-5-2-1-3-6-16)21-22(17-9-11-18(12-10-17)26(30)31)25(24(29)23(21)28)15-19-7-4-14-32-19/h1-14,22,28H,15H2/b13-8+. The van der Waals surface area contributed by atoms with Crippen LogP contribution in [0.2, 0.25) is 0 Å². The Balaban J connectivity index is 1.72. The van der Waals surface area contributed by atoms with Crippen molar-refractivity contribution in [3.8, 4) is 0 Å². The second-order valence-electron chi connectivity index (χ2n) is 7.13. The van der Waals surface area contributed by atoms with Crippen molar-refractivity contribution in [3.05, 3.63) is 117 Å². The number of benzene rings is 2. The minimum atomic E-state index is -0.929. The number of amides is 1. The Morgan fingerprint density at radius 2 is 1.81 bits per heavy atom. The van der Waals surface area contributed by atoms with Gasteiger partial charge in [0.2, 0.25) is 0 Å². The number of hydrogen-bond acceptors (Lipinski definition) is 6. The Labute approximate surface area is 182 Å². The van der Waals surface area contributed by atoms with Crippen LogP contribution in [0.1, 0.15) is 22.9 Å². The molecular weight excluding hydrogens is 412 g/mol. The van der Waals surface area contributed by atoms with Crippen LogP contribution in [0.15, 0.2) is 94.8 Å². The molecule has 4 rings (SSSR count). The molecule has 1 aliphatic rings. The van der Waals surface area contributed by atoms with E-state index in [1.807, 2.05) is 30.3 Å². The number of rotatable bonds is 7. The lowest BCUT2D eigenvalue weighted by atomic mass is 9.95. The van der Waals surface area contributed by atoms with Gasteiger partial charge in [0.25, 0.3) is 11.6 Å². The zero-order valence-corrected chi connectivity index (χ0v) is 16.8. The number of carbonyl (C=O) groups excluding carboxylic acids is 2. The molecule has 0 saturated heterocycles. The summed E-state index contributed by atoms with van der Waals surface area (Å²) in [6, 6.07) is 17.1. The molecule has 0 spiro atoms. The summed E-state index contributed by atoms with van der Waals surface area (Å²) in [7, 11) is 0. The number of aliphatic hydroxyl groups excluding tert-OH is 1.